The molecule has 3 aromatic rings. The number of hydrogen-bond acceptors (Lipinski definition) is 6. The molecule has 3 heterocycles. The van der Waals surface area contributed by atoms with Gasteiger partial charge >= 0.3 is 0 Å². The van der Waals surface area contributed by atoms with Gasteiger partial charge in [-0.3, -0.25) is 9.78 Å². The number of allylic oxidation sites excluding steroid dienone is 1. The Morgan fingerprint density at radius 1 is 1.11 bits per heavy atom. The number of benzene rings is 1. The van der Waals surface area contributed by atoms with E-state index in [0.717, 1.165) is 36.3 Å². The summed E-state index contributed by atoms with van der Waals surface area (Å²) in [6, 6.07) is 10.2. The fraction of sp³-hybridized carbons (Fsp3) is 0.400. The Hall–Kier alpha value is -3.38. The molecule has 6 rings (SSSR count). The van der Waals surface area contributed by atoms with Crippen LogP contribution in [0.5, 0.6) is 0 Å². The third-order valence-corrected chi connectivity index (χ3v) is 8.04. The van der Waals surface area contributed by atoms with Gasteiger partial charge in [0.05, 0.1) is 5.69 Å². The molecule has 1 aliphatic heterocycles. The lowest BCUT2D eigenvalue weighted by Crippen LogP contribution is -2.21. The Balaban J connectivity index is 1.28. The average Bonchev–Trinajstić information content (AvgIpc) is 3.37. The van der Waals surface area contributed by atoms with Gasteiger partial charge in [-0.2, -0.15) is 0 Å². The highest BCUT2D eigenvalue weighted by Gasteiger charge is 2.52. The van der Waals surface area contributed by atoms with Crippen LogP contribution in [0, 0.1) is 5.92 Å². The van der Waals surface area contributed by atoms with E-state index in [0.29, 0.717) is 17.9 Å². The standard InChI is InChI=1S/C30H32N4O2/c1-20(9-13-35)28(36)23-6-7-25-27(16-23)34(19-30(25)10-11-30)29-32-17-24(18-33-29)26-15-22(8-12-31-26)14-21-4-2-3-5-21/h6-8,12,14-18,20,35H,2-5,9-11,13,19H2,1H3. The zero-order valence-electron chi connectivity index (χ0n) is 20.8. The predicted octanol–water partition coefficient (Wildman–Crippen LogP) is 5.88. The van der Waals surface area contributed by atoms with Crippen molar-refractivity contribution in [1.29, 1.82) is 0 Å². The SMILES string of the molecule is CC(CCO)C(=O)c1ccc2c(c1)N(c1ncc(-c3cc(C=C4CCCC4)ccn3)cn1)CC21CC1. The van der Waals surface area contributed by atoms with Gasteiger partial charge in [-0.15, -0.1) is 0 Å². The smallest absolute Gasteiger partial charge is 0.229 e. The van der Waals surface area contributed by atoms with Crippen LogP contribution in [0.3, 0.4) is 0 Å². The van der Waals surface area contributed by atoms with E-state index in [1.807, 2.05) is 37.6 Å². The molecule has 0 amide bonds. The number of aromatic nitrogens is 3. The molecule has 1 aromatic carbocycles. The second kappa shape index (κ2) is 9.25. The van der Waals surface area contributed by atoms with Crippen LogP contribution in [-0.2, 0) is 5.41 Å². The summed E-state index contributed by atoms with van der Waals surface area (Å²) in [5.74, 6) is 0.514. The Bertz CT molecular complexity index is 1320. The molecule has 1 N–H and O–H groups in total. The minimum atomic E-state index is -0.208. The summed E-state index contributed by atoms with van der Waals surface area (Å²) in [7, 11) is 0. The van der Waals surface area contributed by atoms with Crippen molar-refractivity contribution in [2.24, 2.45) is 5.92 Å². The van der Waals surface area contributed by atoms with Gasteiger partial charge in [-0.25, -0.2) is 9.97 Å². The normalized spacial score (nSPS) is 18.4. The fourth-order valence-corrected chi connectivity index (χ4v) is 5.69. The number of aliphatic hydroxyl groups is 1. The number of aliphatic hydroxyl groups excluding tert-OH is 1. The molecule has 2 aliphatic carbocycles. The molecule has 0 radical (unpaired) electrons. The summed E-state index contributed by atoms with van der Waals surface area (Å²) in [4.78, 5) is 29.1. The molecule has 2 fully saturated rings. The van der Waals surface area contributed by atoms with Crippen LogP contribution >= 0.6 is 0 Å². The number of carbonyl (C=O) groups is 1. The van der Waals surface area contributed by atoms with Crippen molar-refractivity contribution in [3.8, 4) is 11.3 Å². The second-order valence-corrected chi connectivity index (χ2v) is 10.6. The van der Waals surface area contributed by atoms with Crippen LogP contribution in [0.2, 0.25) is 0 Å². The van der Waals surface area contributed by atoms with Crippen LogP contribution in [-0.4, -0.2) is 39.0 Å². The topological polar surface area (TPSA) is 79.2 Å². The third-order valence-electron chi connectivity index (χ3n) is 8.04. The van der Waals surface area contributed by atoms with E-state index in [4.69, 9.17) is 9.97 Å². The van der Waals surface area contributed by atoms with Gasteiger partial charge in [0.1, 0.15) is 0 Å². The van der Waals surface area contributed by atoms with Crippen LogP contribution in [0.25, 0.3) is 17.3 Å². The first-order valence-electron chi connectivity index (χ1n) is 13.1. The molecule has 36 heavy (non-hydrogen) atoms. The molecule has 3 aliphatic rings. The Kier molecular flexibility index (Phi) is 5.92. The largest absolute Gasteiger partial charge is 0.396 e. The van der Waals surface area contributed by atoms with Crippen molar-refractivity contribution >= 4 is 23.5 Å². The van der Waals surface area contributed by atoms with Crippen molar-refractivity contribution in [2.75, 3.05) is 18.1 Å². The number of pyridine rings is 1. The van der Waals surface area contributed by atoms with E-state index in [1.165, 1.54) is 42.4 Å². The molecule has 184 valence electrons. The highest BCUT2D eigenvalue weighted by molar-refractivity contribution is 5.99. The molecule has 1 atom stereocenters. The number of carbonyl (C=O) groups excluding carboxylic acids is 1. The maximum absolute atomic E-state index is 12.9. The van der Waals surface area contributed by atoms with Gasteiger partial charge in [-0.1, -0.05) is 30.7 Å². The van der Waals surface area contributed by atoms with E-state index in [9.17, 15) is 9.90 Å². The minimum absolute atomic E-state index is 0.0164. The molecular weight excluding hydrogens is 448 g/mol. The number of Topliss-reactive ketones (excluding diaryl/α,β-unsaturated/α-hetero) is 1. The Morgan fingerprint density at radius 2 is 1.89 bits per heavy atom. The van der Waals surface area contributed by atoms with E-state index >= 15 is 0 Å². The molecule has 2 saturated carbocycles. The van der Waals surface area contributed by atoms with Crippen LogP contribution in [0.4, 0.5) is 11.6 Å². The van der Waals surface area contributed by atoms with Crippen molar-refractivity contribution in [1.82, 2.24) is 15.0 Å². The minimum Gasteiger partial charge on any atom is -0.396 e. The maximum Gasteiger partial charge on any atom is 0.229 e. The van der Waals surface area contributed by atoms with Crippen LogP contribution in [0.1, 0.15) is 73.4 Å². The molecule has 6 nitrogen and oxygen atoms in total. The first kappa shape index (κ1) is 23.0. The lowest BCUT2D eigenvalue weighted by atomic mass is 9.92. The van der Waals surface area contributed by atoms with Crippen molar-refractivity contribution in [3.63, 3.8) is 0 Å². The average molecular weight is 481 g/mol. The lowest BCUT2D eigenvalue weighted by Gasteiger charge is -2.18. The zero-order chi connectivity index (χ0) is 24.7. The molecule has 0 bridgehead atoms. The fourth-order valence-electron chi connectivity index (χ4n) is 5.69. The van der Waals surface area contributed by atoms with E-state index < -0.39 is 0 Å². The molecule has 2 aromatic heterocycles. The molecule has 6 heteroatoms. The van der Waals surface area contributed by atoms with Crippen LogP contribution in [0.15, 0.2) is 54.5 Å². The van der Waals surface area contributed by atoms with Crippen molar-refractivity contribution in [3.05, 3.63) is 71.2 Å². The Labute approximate surface area is 212 Å². The third kappa shape index (κ3) is 4.24. The molecular formula is C30H32N4O2. The van der Waals surface area contributed by atoms with Gasteiger partial charge in [0, 0.05) is 59.9 Å². The molecule has 1 unspecified atom stereocenters. The van der Waals surface area contributed by atoms with E-state index in [2.05, 4.69) is 34.2 Å². The highest BCUT2D eigenvalue weighted by Crippen LogP contribution is 2.57. The number of nitrogens with zero attached hydrogens (tertiary/aromatic N) is 4. The number of anilines is 2. The summed E-state index contributed by atoms with van der Waals surface area (Å²) in [6.07, 6.45) is 15.6. The zero-order valence-corrected chi connectivity index (χ0v) is 20.8. The summed E-state index contributed by atoms with van der Waals surface area (Å²) in [5.41, 5.74) is 7.63. The van der Waals surface area contributed by atoms with Gasteiger partial charge in [0.25, 0.3) is 0 Å². The van der Waals surface area contributed by atoms with Crippen molar-refractivity contribution < 1.29 is 9.90 Å². The van der Waals surface area contributed by atoms with Gasteiger partial charge in [0.2, 0.25) is 5.95 Å². The van der Waals surface area contributed by atoms with Crippen LogP contribution < -0.4 is 4.90 Å². The number of ketones is 1. The molecule has 0 saturated heterocycles. The Morgan fingerprint density at radius 3 is 2.61 bits per heavy atom. The molecule has 1 spiro atoms. The quantitative estimate of drug-likeness (QED) is 0.426. The predicted molar refractivity (Wildman–Crippen MR) is 141 cm³/mol. The first-order chi connectivity index (χ1) is 17.6. The number of rotatable bonds is 7. The number of hydrogen-bond donors (Lipinski definition) is 1. The first-order valence-corrected chi connectivity index (χ1v) is 13.1. The summed E-state index contributed by atoms with van der Waals surface area (Å²) < 4.78 is 0. The monoisotopic (exact) mass is 480 g/mol. The highest BCUT2D eigenvalue weighted by atomic mass is 16.3. The second-order valence-electron chi connectivity index (χ2n) is 10.6. The summed E-state index contributed by atoms with van der Waals surface area (Å²) in [6.45, 7) is 2.73. The van der Waals surface area contributed by atoms with Crippen molar-refractivity contribution in [2.45, 2.75) is 57.3 Å². The van der Waals surface area contributed by atoms with Gasteiger partial charge in [0.15, 0.2) is 5.78 Å². The van der Waals surface area contributed by atoms with E-state index in [-0.39, 0.29) is 23.7 Å². The number of fused-ring (bicyclic) bond motifs is 2. The lowest BCUT2D eigenvalue weighted by molar-refractivity contribution is 0.0908. The van der Waals surface area contributed by atoms with Gasteiger partial charge < -0.3 is 10.0 Å². The summed E-state index contributed by atoms with van der Waals surface area (Å²) >= 11 is 0. The maximum atomic E-state index is 12.9. The summed E-state index contributed by atoms with van der Waals surface area (Å²) in [5, 5.41) is 9.25. The van der Waals surface area contributed by atoms with Gasteiger partial charge in [-0.05, 0) is 74.3 Å². The van der Waals surface area contributed by atoms with E-state index in [1.54, 1.807) is 0 Å².